The number of carbonyl (C=O) groups excluding carboxylic acids is 3. The largest absolute Gasteiger partial charge is 0.480 e. The minimum Gasteiger partial charge on any atom is -0.480 e. The van der Waals surface area contributed by atoms with Gasteiger partial charge in [0.1, 0.15) is 6.04 Å². The van der Waals surface area contributed by atoms with Crippen molar-refractivity contribution in [2.45, 2.75) is 72.3 Å². The van der Waals surface area contributed by atoms with Gasteiger partial charge in [-0.15, -0.1) is 0 Å². The van der Waals surface area contributed by atoms with E-state index in [4.69, 9.17) is 19.9 Å². The zero-order chi connectivity index (χ0) is 29.8. The zero-order valence-electron chi connectivity index (χ0n) is 23.9. The highest BCUT2D eigenvalue weighted by Crippen LogP contribution is 2.36. The van der Waals surface area contributed by atoms with E-state index in [2.05, 4.69) is 0 Å². The van der Waals surface area contributed by atoms with Crippen LogP contribution in [0.1, 0.15) is 82.1 Å². The van der Waals surface area contributed by atoms with Crippen LogP contribution in [0.3, 0.4) is 0 Å². The lowest BCUT2D eigenvalue weighted by molar-refractivity contribution is -0.139. The van der Waals surface area contributed by atoms with Crippen LogP contribution < -0.4 is 15.2 Å². The van der Waals surface area contributed by atoms with E-state index >= 15 is 0 Å². The summed E-state index contributed by atoms with van der Waals surface area (Å²) >= 11 is 0. The van der Waals surface area contributed by atoms with Crippen LogP contribution in [0.2, 0.25) is 0 Å². The van der Waals surface area contributed by atoms with Gasteiger partial charge in [-0.25, -0.2) is 4.79 Å². The minimum absolute atomic E-state index is 0.000206. The predicted molar refractivity (Wildman–Crippen MR) is 150 cm³/mol. The van der Waals surface area contributed by atoms with Crippen molar-refractivity contribution < 1.29 is 38.5 Å². The fraction of sp³-hybridized carbons (Fsp3) is 0.484. The third-order valence-electron chi connectivity index (χ3n) is 6.42. The van der Waals surface area contributed by atoms with Crippen molar-refractivity contribution in [3.05, 3.63) is 59.7 Å². The van der Waals surface area contributed by atoms with E-state index in [9.17, 15) is 24.3 Å². The van der Waals surface area contributed by atoms with Crippen molar-refractivity contribution in [2.24, 2.45) is 23.5 Å². The van der Waals surface area contributed by atoms with Crippen molar-refractivity contribution in [3.8, 4) is 11.5 Å². The smallest absolute Gasteiger partial charge is 0.338 e. The van der Waals surface area contributed by atoms with E-state index in [1.165, 1.54) is 12.1 Å². The maximum absolute atomic E-state index is 12.6. The Morgan fingerprint density at radius 2 is 1.35 bits per heavy atom. The first-order valence-electron chi connectivity index (χ1n) is 13.6. The highest BCUT2D eigenvalue weighted by Gasteiger charge is 2.33. The number of carboxylic acids is 1. The van der Waals surface area contributed by atoms with Gasteiger partial charge in [0.05, 0.1) is 12.2 Å². The van der Waals surface area contributed by atoms with Gasteiger partial charge < -0.3 is 25.1 Å². The molecule has 0 radical (unpaired) electrons. The van der Waals surface area contributed by atoms with Crippen LogP contribution >= 0.6 is 0 Å². The second-order valence-corrected chi connectivity index (χ2v) is 10.9. The Hall–Kier alpha value is -3.72. The molecule has 218 valence electrons. The number of esters is 3. The number of carboxylic acid groups (broad SMARTS) is 1. The summed E-state index contributed by atoms with van der Waals surface area (Å²) in [5.41, 5.74) is 6.90. The molecule has 3 atom stereocenters. The molecule has 2 aromatic rings. The standard InChI is InChI=1S/C31H41NO8/c1-19(2)11-15-26(33)39-24-14-13-23(17-25(24)40-27(34)16-12-20(3)4)28(29(32)30(35)36)21(5)18-38-31(37)22-9-7-6-8-10-22/h6-10,13-14,17,19-21,28-29H,11-12,15-16,18,32H2,1-5H3,(H,35,36)/t21?,28?,29-/m0/s1. The van der Waals surface area contributed by atoms with Crippen LogP contribution in [-0.2, 0) is 19.1 Å². The van der Waals surface area contributed by atoms with Gasteiger partial charge in [0, 0.05) is 18.8 Å². The Morgan fingerprint density at radius 3 is 1.88 bits per heavy atom. The fourth-order valence-corrected chi connectivity index (χ4v) is 4.07. The summed E-state index contributed by atoms with van der Waals surface area (Å²) < 4.78 is 16.6. The van der Waals surface area contributed by atoms with Gasteiger partial charge >= 0.3 is 23.9 Å². The van der Waals surface area contributed by atoms with Gasteiger partial charge in [0.25, 0.3) is 0 Å². The highest BCUT2D eigenvalue weighted by atomic mass is 16.6. The fourth-order valence-electron chi connectivity index (χ4n) is 4.07. The molecule has 0 aliphatic rings. The van der Waals surface area contributed by atoms with Crippen molar-refractivity contribution in [2.75, 3.05) is 6.61 Å². The lowest BCUT2D eigenvalue weighted by atomic mass is 9.82. The normalized spacial score (nSPS) is 13.4. The molecule has 0 fully saturated rings. The van der Waals surface area contributed by atoms with Crippen LogP contribution in [0.25, 0.3) is 0 Å². The first kappa shape index (κ1) is 32.5. The van der Waals surface area contributed by atoms with Gasteiger partial charge in [0.2, 0.25) is 0 Å². The van der Waals surface area contributed by atoms with Crippen molar-refractivity contribution >= 4 is 23.9 Å². The molecule has 2 unspecified atom stereocenters. The van der Waals surface area contributed by atoms with E-state index in [1.54, 1.807) is 43.3 Å². The quantitative estimate of drug-likeness (QED) is 0.219. The Kier molecular flexibility index (Phi) is 12.8. The molecule has 0 heterocycles. The van der Waals surface area contributed by atoms with Crippen LogP contribution in [0.15, 0.2) is 48.5 Å². The summed E-state index contributed by atoms with van der Waals surface area (Å²) in [7, 11) is 0. The summed E-state index contributed by atoms with van der Waals surface area (Å²) in [5, 5.41) is 9.74. The lowest BCUT2D eigenvalue weighted by Gasteiger charge is -2.28. The Bertz CT molecular complexity index is 1150. The molecular weight excluding hydrogens is 514 g/mol. The Balaban J connectivity index is 2.35. The summed E-state index contributed by atoms with van der Waals surface area (Å²) in [4.78, 5) is 49.5. The molecule has 3 N–H and O–H groups in total. The number of hydrogen-bond donors (Lipinski definition) is 2. The molecule has 0 saturated heterocycles. The first-order valence-corrected chi connectivity index (χ1v) is 13.6. The van der Waals surface area contributed by atoms with E-state index in [0.29, 0.717) is 29.9 Å². The maximum atomic E-state index is 12.6. The number of nitrogens with two attached hydrogens (primary N) is 1. The van der Waals surface area contributed by atoms with Gasteiger partial charge in [-0.3, -0.25) is 14.4 Å². The molecule has 0 amide bonds. The first-order chi connectivity index (χ1) is 18.9. The molecule has 9 heteroatoms. The van der Waals surface area contributed by atoms with Gasteiger partial charge in [-0.2, -0.15) is 0 Å². The second kappa shape index (κ2) is 15.8. The SMILES string of the molecule is CC(C)CCC(=O)Oc1ccc(C(C(C)COC(=O)c2ccccc2)[C@H](N)C(=O)O)cc1OC(=O)CCC(C)C. The van der Waals surface area contributed by atoms with E-state index in [0.717, 1.165) is 0 Å². The zero-order valence-corrected chi connectivity index (χ0v) is 23.9. The lowest BCUT2D eigenvalue weighted by Crippen LogP contribution is -2.40. The minimum atomic E-state index is -1.35. The van der Waals surface area contributed by atoms with Gasteiger partial charge in [0.15, 0.2) is 11.5 Å². The molecule has 0 bridgehead atoms. The molecule has 0 spiro atoms. The van der Waals surface area contributed by atoms with Crippen LogP contribution in [0.4, 0.5) is 0 Å². The maximum Gasteiger partial charge on any atom is 0.338 e. The highest BCUT2D eigenvalue weighted by molar-refractivity contribution is 5.89. The molecule has 0 aliphatic carbocycles. The van der Waals surface area contributed by atoms with Gasteiger partial charge in [-0.05, 0) is 60.4 Å². The molecule has 0 aromatic heterocycles. The third-order valence-corrected chi connectivity index (χ3v) is 6.42. The second-order valence-electron chi connectivity index (χ2n) is 10.9. The summed E-state index contributed by atoms with van der Waals surface area (Å²) in [6, 6.07) is 11.6. The third kappa shape index (κ3) is 10.4. The van der Waals surface area contributed by atoms with E-state index in [1.807, 2.05) is 27.7 Å². The molecule has 0 saturated carbocycles. The monoisotopic (exact) mass is 555 g/mol. The molecule has 2 aromatic carbocycles. The van der Waals surface area contributed by atoms with Crippen LogP contribution in [0, 0.1) is 17.8 Å². The Morgan fingerprint density at radius 1 is 0.800 bits per heavy atom. The van der Waals surface area contributed by atoms with Crippen molar-refractivity contribution in [1.29, 1.82) is 0 Å². The number of aliphatic carboxylic acids is 1. The number of ether oxygens (including phenoxy) is 3. The molecule has 9 nitrogen and oxygen atoms in total. The summed E-state index contributed by atoms with van der Waals surface area (Å²) in [6.45, 7) is 9.58. The average molecular weight is 556 g/mol. The molecule has 0 aliphatic heterocycles. The van der Waals surface area contributed by atoms with E-state index in [-0.39, 0.29) is 36.9 Å². The topological polar surface area (TPSA) is 142 Å². The van der Waals surface area contributed by atoms with Gasteiger partial charge in [-0.1, -0.05) is 58.9 Å². The Labute approximate surface area is 236 Å². The summed E-state index contributed by atoms with van der Waals surface area (Å²) in [5.74, 6) is -3.47. The van der Waals surface area contributed by atoms with Crippen molar-refractivity contribution in [1.82, 2.24) is 0 Å². The van der Waals surface area contributed by atoms with Crippen LogP contribution in [0.5, 0.6) is 11.5 Å². The number of hydrogen-bond acceptors (Lipinski definition) is 8. The average Bonchev–Trinajstić information content (AvgIpc) is 2.91. The number of carbonyl (C=O) groups is 4. The molecule has 2 rings (SSSR count). The van der Waals surface area contributed by atoms with E-state index < -0.39 is 41.8 Å². The molecule has 40 heavy (non-hydrogen) atoms. The predicted octanol–water partition coefficient (Wildman–Crippen LogP) is 5.36. The summed E-state index contributed by atoms with van der Waals surface area (Å²) in [6.07, 6.45) is 1.59. The van der Waals surface area contributed by atoms with Crippen LogP contribution in [-0.4, -0.2) is 41.6 Å². The number of rotatable bonds is 15. The van der Waals surface area contributed by atoms with Crippen molar-refractivity contribution in [3.63, 3.8) is 0 Å². The molecular formula is C31H41NO8. The number of benzene rings is 2.